The Morgan fingerprint density at radius 3 is 1.73 bits per heavy atom. The summed E-state index contributed by atoms with van der Waals surface area (Å²) in [5, 5.41) is 3.65. The first kappa shape index (κ1) is 11.4. The minimum absolute atomic E-state index is 0.789. The summed E-state index contributed by atoms with van der Waals surface area (Å²) in [5.41, 5.74) is 0. The highest BCUT2D eigenvalue weighted by molar-refractivity contribution is 4.82. The molecule has 2 rings (SSSR count). The third-order valence-electron chi connectivity index (χ3n) is 4.10. The van der Waals surface area contributed by atoms with Gasteiger partial charge in [-0.25, -0.2) is 0 Å². The van der Waals surface area contributed by atoms with Crippen LogP contribution in [0, 0.1) is 0 Å². The second-order valence-electron chi connectivity index (χ2n) is 5.21. The van der Waals surface area contributed by atoms with E-state index in [1.165, 1.54) is 51.9 Å². The fourth-order valence-corrected chi connectivity index (χ4v) is 2.89. The molecule has 0 aliphatic carbocycles. The van der Waals surface area contributed by atoms with E-state index in [0.717, 1.165) is 12.1 Å². The van der Waals surface area contributed by atoms with Gasteiger partial charge in [0.25, 0.3) is 0 Å². The van der Waals surface area contributed by atoms with Crippen molar-refractivity contribution in [3.63, 3.8) is 0 Å². The molecule has 88 valence electrons. The molecular formula is C12H25N3. The highest BCUT2D eigenvalue weighted by Gasteiger charge is 2.23. The molecule has 2 heterocycles. The minimum Gasteiger partial charge on any atom is -0.314 e. The summed E-state index contributed by atoms with van der Waals surface area (Å²) in [6.07, 6.45) is 5.52. The van der Waals surface area contributed by atoms with Crippen LogP contribution in [-0.4, -0.2) is 62.2 Å². The molecular weight excluding hydrogens is 186 g/mol. The number of rotatable bonds is 4. The Balaban J connectivity index is 1.62. The van der Waals surface area contributed by atoms with Crippen LogP contribution in [0.4, 0.5) is 0 Å². The van der Waals surface area contributed by atoms with Crippen molar-refractivity contribution in [1.29, 1.82) is 0 Å². The Bertz CT molecular complexity index is 175. The fourth-order valence-electron chi connectivity index (χ4n) is 2.89. The third kappa shape index (κ3) is 2.92. The Hall–Kier alpha value is -0.120. The number of likely N-dealkylation sites (tertiary alicyclic amines) is 2. The molecule has 0 amide bonds. The molecule has 0 saturated carbocycles. The summed E-state index contributed by atoms with van der Waals surface area (Å²) in [6.45, 7) is 4.94. The van der Waals surface area contributed by atoms with Crippen LogP contribution in [0.1, 0.15) is 25.7 Å². The summed E-state index contributed by atoms with van der Waals surface area (Å²) in [6, 6.07) is 1.58. The van der Waals surface area contributed by atoms with Crippen LogP contribution in [0.15, 0.2) is 0 Å². The topological polar surface area (TPSA) is 18.5 Å². The molecule has 0 aromatic heterocycles. The molecule has 3 nitrogen and oxygen atoms in total. The van der Waals surface area contributed by atoms with E-state index in [-0.39, 0.29) is 0 Å². The van der Waals surface area contributed by atoms with E-state index >= 15 is 0 Å². The number of likely N-dealkylation sites (N-methyl/N-ethyl adjacent to an activating group) is 2. The Morgan fingerprint density at radius 2 is 1.40 bits per heavy atom. The first-order valence-electron chi connectivity index (χ1n) is 6.38. The van der Waals surface area contributed by atoms with Crippen molar-refractivity contribution in [2.24, 2.45) is 0 Å². The van der Waals surface area contributed by atoms with Crippen molar-refractivity contribution < 1.29 is 0 Å². The lowest BCUT2D eigenvalue weighted by Gasteiger charge is -2.23. The maximum atomic E-state index is 3.65. The van der Waals surface area contributed by atoms with Crippen LogP contribution in [0.5, 0.6) is 0 Å². The lowest BCUT2D eigenvalue weighted by molar-refractivity contribution is 0.271. The molecule has 0 bridgehead atoms. The predicted molar refractivity (Wildman–Crippen MR) is 64.2 cm³/mol. The van der Waals surface area contributed by atoms with E-state index in [9.17, 15) is 0 Å². The van der Waals surface area contributed by atoms with Gasteiger partial charge in [-0.15, -0.1) is 0 Å². The summed E-state index contributed by atoms with van der Waals surface area (Å²) >= 11 is 0. The maximum absolute atomic E-state index is 3.65. The maximum Gasteiger partial charge on any atom is 0.0218 e. The van der Waals surface area contributed by atoms with Gasteiger partial charge in [-0.05, 0) is 52.9 Å². The van der Waals surface area contributed by atoms with E-state index in [2.05, 4.69) is 29.2 Å². The molecule has 15 heavy (non-hydrogen) atoms. The largest absolute Gasteiger partial charge is 0.314 e. The van der Waals surface area contributed by atoms with Gasteiger partial charge in [-0.1, -0.05) is 0 Å². The van der Waals surface area contributed by atoms with Gasteiger partial charge < -0.3 is 15.1 Å². The molecule has 0 aromatic rings. The number of nitrogens with zero attached hydrogens (tertiary/aromatic N) is 2. The molecule has 2 aliphatic rings. The van der Waals surface area contributed by atoms with E-state index < -0.39 is 0 Å². The Morgan fingerprint density at radius 1 is 0.933 bits per heavy atom. The average molecular weight is 211 g/mol. The first-order valence-corrected chi connectivity index (χ1v) is 6.38. The lowest BCUT2D eigenvalue weighted by Crippen LogP contribution is -2.41. The Kier molecular flexibility index (Phi) is 4.00. The summed E-state index contributed by atoms with van der Waals surface area (Å²) in [5.74, 6) is 0. The molecule has 0 radical (unpaired) electrons. The number of hydrogen-bond donors (Lipinski definition) is 1. The van der Waals surface area contributed by atoms with Crippen LogP contribution < -0.4 is 5.32 Å². The second kappa shape index (κ2) is 5.28. The van der Waals surface area contributed by atoms with Gasteiger partial charge in [0.05, 0.1) is 0 Å². The molecule has 0 unspecified atom stereocenters. The van der Waals surface area contributed by atoms with E-state index in [0.29, 0.717) is 0 Å². The molecule has 3 heteroatoms. The van der Waals surface area contributed by atoms with Crippen molar-refractivity contribution in [3.05, 3.63) is 0 Å². The zero-order valence-electron chi connectivity index (χ0n) is 10.2. The van der Waals surface area contributed by atoms with Gasteiger partial charge in [0.2, 0.25) is 0 Å². The lowest BCUT2D eigenvalue weighted by atomic mass is 10.2. The third-order valence-corrected chi connectivity index (χ3v) is 4.10. The van der Waals surface area contributed by atoms with Crippen LogP contribution in [-0.2, 0) is 0 Å². The first-order chi connectivity index (χ1) is 7.27. The summed E-state index contributed by atoms with van der Waals surface area (Å²) in [7, 11) is 4.50. The summed E-state index contributed by atoms with van der Waals surface area (Å²) < 4.78 is 0. The fraction of sp³-hybridized carbons (Fsp3) is 1.00. The Labute approximate surface area is 93.8 Å². The van der Waals surface area contributed by atoms with Gasteiger partial charge in [0.1, 0.15) is 0 Å². The molecule has 0 spiro atoms. The molecule has 2 atom stereocenters. The van der Waals surface area contributed by atoms with Crippen molar-refractivity contribution in [2.45, 2.75) is 37.8 Å². The number of nitrogens with one attached hydrogen (secondary N) is 1. The van der Waals surface area contributed by atoms with Crippen molar-refractivity contribution >= 4 is 0 Å². The predicted octanol–water partition coefficient (Wildman–Crippen LogP) is 0.764. The van der Waals surface area contributed by atoms with Crippen molar-refractivity contribution in [3.8, 4) is 0 Å². The summed E-state index contributed by atoms with van der Waals surface area (Å²) in [4.78, 5) is 4.98. The highest BCUT2D eigenvalue weighted by Crippen LogP contribution is 2.15. The molecule has 1 N–H and O–H groups in total. The smallest absolute Gasteiger partial charge is 0.0218 e. The van der Waals surface area contributed by atoms with Crippen LogP contribution in [0.25, 0.3) is 0 Å². The zero-order chi connectivity index (χ0) is 10.7. The quantitative estimate of drug-likeness (QED) is 0.741. The average Bonchev–Trinajstić information content (AvgIpc) is 2.78. The van der Waals surface area contributed by atoms with Gasteiger partial charge in [0, 0.05) is 25.2 Å². The number of hydrogen-bond acceptors (Lipinski definition) is 3. The monoisotopic (exact) mass is 211 g/mol. The van der Waals surface area contributed by atoms with Gasteiger partial charge in [-0.2, -0.15) is 0 Å². The van der Waals surface area contributed by atoms with E-state index in [1.807, 2.05) is 0 Å². The van der Waals surface area contributed by atoms with Gasteiger partial charge in [0.15, 0.2) is 0 Å². The van der Waals surface area contributed by atoms with Gasteiger partial charge in [-0.3, -0.25) is 0 Å². The molecule has 2 aliphatic heterocycles. The second-order valence-corrected chi connectivity index (χ2v) is 5.21. The van der Waals surface area contributed by atoms with Crippen LogP contribution >= 0.6 is 0 Å². The normalized spacial score (nSPS) is 34.0. The van der Waals surface area contributed by atoms with Gasteiger partial charge >= 0.3 is 0 Å². The molecule has 0 aromatic carbocycles. The van der Waals surface area contributed by atoms with Crippen LogP contribution in [0.3, 0.4) is 0 Å². The standard InChI is InChI=1S/C12H25N3/c1-14-7-3-5-11(14)9-13-10-12-6-4-8-15(12)2/h11-13H,3-10H2,1-2H3/t11-,12-/m0/s1. The van der Waals surface area contributed by atoms with E-state index in [4.69, 9.17) is 0 Å². The minimum atomic E-state index is 0.789. The van der Waals surface area contributed by atoms with Crippen molar-refractivity contribution in [2.75, 3.05) is 40.3 Å². The SMILES string of the molecule is CN1CCC[C@H]1CNC[C@@H]1CCCN1C. The highest BCUT2D eigenvalue weighted by atomic mass is 15.2. The molecule has 2 fully saturated rings. The zero-order valence-corrected chi connectivity index (χ0v) is 10.2. The van der Waals surface area contributed by atoms with Crippen molar-refractivity contribution in [1.82, 2.24) is 15.1 Å². The van der Waals surface area contributed by atoms with Crippen LogP contribution in [0.2, 0.25) is 0 Å². The van der Waals surface area contributed by atoms with E-state index in [1.54, 1.807) is 0 Å². The molecule has 2 saturated heterocycles.